The molecule has 1 atom stereocenters. The summed E-state index contributed by atoms with van der Waals surface area (Å²) in [4.78, 5) is 0.265. The van der Waals surface area contributed by atoms with Crippen LogP contribution >= 0.6 is 0 Å². The van der Waals surface area contributed by atoms with Crippen LogP contribution in [-0.4, -0.2) is 47.3 Å². The van der Waals surface area contributed by atoms with Crippen molar-refractivity contribution in [1.29, 1.82) is 0 Å². The van der Waals surface area contributed by atoms with Crippen LogP contribution in [0.1, 0.15) is 31.9 Å². The molecule has 1 saturated heterocycles. The van der Waals surface area contributed by atoms with Crippen molar-refractivity contribution in [2.45, 2.75) is 44.6 Å². The van der Waals surface area contributed by atoms with Crippen LogP contribution in [0, 0.1) is 12.3 Å². The third-order valence-corrected chi connectivity index (χ3v) is 6.33. The van der Waals surface area contributed by atoms with Crippen LogP contribution in [0.15, 0.2) is 23.7 Å². The summed E-state index contributed by atoms with van der Waals surface area (Å²) >= 11 is 0. The van der Waals surface area contributed by atoms with E-state index in [9.17, 15) is 13.5 Å². The maximum atomic E-state index is 12.9. The maximum absolute atomic E-state index is 12.9. The van der Waals surface area contributed by atoms with Crippen molar-refractivity contribution >= 4 is 10.0 Å². The van der Waals surface area contributed by atoms with Gasteiger partial charge in [0.15, 0.2) is 0 Å². The molecule has 1 aliphatic rings. The normalized spacial score (nSPS) is 23.6. The summed E-state index contributed by atoms with van der Waals surface area (Å²) in [5, 5.41) is 14.0. The summed E-state index contributed by atoms with van der Waals surface area (Å²) in [6.45, 7) is 8.78. The number of allylic oxidation sites excluding steroid dienone is 1. The highest BCUT2D eigenvalue weighted by molar-refractivity contribution is 7.89. The van der Waals surface area contributed by atoms with E-state index in [4.69, 9.17) is 0 Å². The van der Waals surface area contributed by atoms with E-state index in [0.29, 0.717) is 31.7 Å². The Morgan fingerprint density at radius 2 is 2.27 bits per heavy atom. The Morgan fingerprint density at radius 1 is 1.55 bits per heavy atom. The number of aryl methyl sites for hydroxylation is 2. The molecule has 2 heterocycles. The molecular formula is C15H25N3O3S. The van der Waals surface area contributed by atoms with Crippen LogP contribution in [0.25, 0.3) is 0 Å². The molecule has 7 heteroatoms. The molecule has 22 heavy (non-hydrogen) atoms. The first-order valence-electron chi connectivity index (χ1n) is 7.64. The van der Waals surface area contributed by atoms with Crippen molar-refractivity contribution in [1.82, 2.24) is 14.1 Å². The predicted molar refractivity (Wildman–Crippen MR) is 85.0 cm³/mol. The lowest BCUT2D eigenvalue weighted by Gasteiger charge is -2.40. The van der Waals surface area contributed by atoms with Crippen LogP contribution in [0.3, 0.4) is 0 Å². The number of hydrogen-bond acceptors (Lipinski definition) is 4. The standard InChI is InChI=1S/C15H25N3O3S/c1-4-7-15(12-19)8-6-9-18(11-15)22(20,21)14-10-17(5-2)16-13(14)3/h4,10,19H,1,5-9,11-12H2,2-3H3/t15-/m0/s1. The average Bonchev–Trinajstić information content (AvgIpc) is 2.89. The van der Waals surface area contributed by atoms with Gasteiger partial charge in [0.25, 0.3) is 0 Å². The van der Waals surface area contributed by atoms with E-state index in [0.717, 1.165) is 12.8 Å². The molecule has 1 aromatic rings. The van der Waals surface area contributed by atoms with Gasteiger partial charge in [0.1, 0.15) is 4.90 Å². The molecule has 2 rings (SSSR count). The Balaban J connectivity index is 2.32. The smallest absolute Gasteiger partial charge is 0.246 e. The number of sulfonamides is 1. The zero-order valence-electron chi connectivity index (χ0n) is 13.3. The third-order valence-electron chi connectivity index (χ3n) is 4.38. The van der Waals surface area contributed by atoms with E-state index in [-0.39, 0.29) is 11.5 Å². The lowest BCUT2D eigenvalue weighted by molar-refractivity contribution is 0.0669. The van der Waals surface area contributed by atoms with Gasteiger partial charge in [-0.25, -0.2) is 8.42 Å². The molecule has 1 aliphatic heterocycles. The van der Waals surface area contributed by atoms with Crippen molar-refractivity contribution < 1.29 is 13.5 Å². The van der Waals surface area contributed by atoms with Gasteiger partial charge in [0.2, 0.25) is 10.0 Å². The summed E-state index contributed by atoms with van der Waals surface area (Å²) in [5.41, 5.74) is 0.104. The minimum atomic E-state index is -3.58. The number of nitrogens with zero attached hydrogens (tertiary/aromatic N) is 3. The van der Waals surface area contributed by atoms with Gasteiger partial charge in [-0.05, 0) is 33.1 Å². The Hall–Kier alpha value is -1.18. The molecule has 0 saturated carbocycles. The first-order chi connectivity index (χ1) is 10.4. The first kappa shape index (κ1) is 17.2. The Kier molecular flexibility index (Phi) is 5.09. The van der Waals surface area contributed by atoms with Gasteiger partial charge in [0.05, 0.1) is 12.3 Å². The average molecular weight is 327 g/mol. The van der Waals surface area contributed by atoms with Gasteiger partial charge in [-0.2, -0.15) is 9.40 Å². The van der Waals surface area contributed by atoms with Gasteiger partial charge >= 0.3 is 0 Å². The number of piperidine rings is 1. The fraction of sp³-hybridized carbons (Fsp3) is 0.667. The zero-order chi connectivity index (χ0) is 16.4. The van der Waals surface area contributed by atoms with Crippen molar-refractivity contribution in [3.8, 4) is 0 Å². The summed E-state index contributed by atoms with van der Waals surface area (Å²) in [6, 6.07) is 0. The van der Waals surface area contributed by atoms with Crippen molar-refractivity contribution in [3.63, 3.8) is 0 Å². The van der Waals surface area contributed by atoms with Crippen molar-refractivity contribution in [2.75, 3.05) is 19.7 Å². The summed E-state index contributed by atoms with van der Waals surface area (Å²) in [6.07, 6.45) is 5.52. The van der Waals surface area contributed by atoms with E-state index in [1.165, 1.54) is 4.31 Å². The summed E-state index contributed by atoms with van der Waals surface area (Å²) < 4.78 is 28.9. The SMILES string of the molecule is C=CC[C@]1(CO)CCCN(S(=O)(=O)c2cn(CC)nc2C)C1. The molecule has 6 nitrogen and oxygen atoms in total. The largest absolute Gasteiger partial charge is 0.396 e. The predicted octanol–water partition coefficient (Wildman–Crippen LogP) is 1.55. The second kappa shape index (κ2) is 6.52. The van der Waals surface area contributed by atoms with Crippen molar-refractivity contribution in [2.24, 2.45) is 5.41 Å². The first-order valence-corrected chi connectivity index (χ1v) is 9.08. The Morgan fingerprint density at radius 3 is 2.82 bits per heavy atom. The van der Waals surface area contributed by atoms with E-state index in [1.807, 2.05) is 6.92 Å². The van der Waals surface area contributed by atoms with Crippen molar-refractivity contribution in [3.05, 3.63) is 24.5 Å². The Bertz CT molecular complexity index is 638. The molecule has 1 aromatic heterocycles. The molecule has 0 unspecified atom stereocenters. The topological polar surface area (TPSA) is 75.4 Å². The Labute approximate surface area is 132 Å². The molecule has 0 radical (unpaired) electrons. The number of aliphatic hydroxyl groups is 1. The molecule has 1 N–H and O–H groups in total. The second-order valence-electron chi connectivity index (χ2n) is 6.03. The second-order valence-corrected chi connectivity index (χ2v) is 7.93. The maximum Gasteiger partial charge on any atom is 0.246 e. The minimum absolute atomic E-state index is 0.0295. The monoisotopic (exact) mass is 327 g/mol. The number of aliphatic hydroxyl groups excluding tert-OH is 1. The van der Waals surface area contributed by atoms with Crippen LogP contribution in [0.4, 0.5) is 0 Å². The molecule has 0 amide bonds. The third kappa shape index (κ3) is 3.11. The molecule has 0 spiro atoms. The fourth-order valence-corrected chi connectivity index (χ4v) is 4.85. The van der Waals surface area contributed by atoms with Gasteiger partial charge in [-0.3, -0.25) is 4.68 Å². The van der Waals surface area contributed by atoms with E-state index in [2.05, 4.69) is 11.7 Å². The number of rotatable bonds is 6. The van der Waals surface area contributed by atoms with E-state index in [1.54, 1.807) is 23.9 Å². The zero-order valence-corrected chi connectivity index (χ0v) is 14.1. The lowest BCUT2D eigenvalue weighted by atomic mass is 9.79. The number of hydrogen-bond donors (Lipinski definition) is 1. The fourth-order valence-electron chi connectivity index (χ4n) is 3.09. The highest BCUT2D eigenvalue weighted by Crippen LogP contribution is 2.36. The summed E-state index contributed by atoms with van der Waals surface area (Å²) in [5.74, 6) is 0. The molecule has 124 valence electrons. The molecule has 1 fully saturated rings. The minimum Gasteiger partial charge on any atom is -0.396 e. The molecular weight excluding hydrogens is 302 g/mol. The molecule has 0 aromatic carbocycles. The van der Waals surface area contributed by atoms with E-state index < -0.39 is 15.4 Å². The van der Waals surface area contributed by atoms with E-state index >= 15 is 0 Å². The van der Waals surface area contributed by atoms with Gasteiger partial charge < -0.3 is 5.11 Å². The van der Waals surface area contributed by atoms with Gasteiger partial charge in [-0.15, -0.1) is 6.58 Å². The highest BCUT2D eigenvalue weighted by Gasteiger charge is 2.39. The quantitative estimate of drug-likeness (QED) is 0.805. The van der Waals surface area contributed by atoms with Crippen LogP contribution < -0.4 is 0 Å². The van der Waals surface area contributed by atoms with Gasteiger partial charge in [-0.1, -0.05) is 6.08 Å². The molecule has 0 bridgehead atoms. The van der Waals surface area contributed by atoms with Crippen LogP contribution in [-0.2, 0) is 16.6 Å². The number of aromatic nitrogens is 2. The summed E-state index contributed by atoms with van der Waals surface area (Å²) in [7, 11) is -3.58. The molecule has 0 aliphatic carbocycles. The highest BCUT2D eigenvalue weighted by atomic mass is 32.2. The lowest BCUT2D eigenvalue weighted by Crippen LogP contribution is -2.47. The van der Waals surface area contributed by atoms with Gasteiger partial charge in [0, 0.05) is 31.2 Å². The van der Waals surface area contributed by atoms with Crippen LogP contribution in [0.5, 0.6) is 0 Å². The van der Waals surface area contributed by atoms with Crippen LogP contribution in [0.2, 0.25) is 0 Å².